The monoisotopic (exact) mass is 230 g/mol. The van der Waals surface area contributed by atoms with Crippen molar-refractivity contribution in [3.63, 3.8) is 0 Å². The molecule has 17 heavy (non-hydrogen) atoms. The van der Waals surface area contributed by atoms with Gasteiger partial charge < -0.3 is 4.74 Å². The Labute approximate surface area is 102 Å². The quantitative estimate of drug-likeness (QED) is 0.586. The first-order valence-corrected chi connectivity index (χ1v) is 6.28. The minimum absolute atomic E-state index is 0.136. The topological polar surface area (TPSA) is 26.3 Å². The number of carbonyl (C=O) groups is 1. The van der Waals surface area contributed by atoms with Crippen LogP contribution in [0, 0.1) is 0 Å². The number of hydrogen-bond donors (Lipinski definition) is 0. The van der Waals surface area contributed by atoms with Crippen molar-refractivity contribution in [2.45, 2.75) is 38.2 Å². The second kappa shape index (κ2) is 6.24. The normalized spacial score (nSPS) is 17.2. The highest BCUT2D eigenvalue weighted by atomic mass is 16.5. The number of hydrogen-bond acceptors (Lipinski definition) is 2. The molecule has 0 spiro atoms. The van der Waals surface area contributed by atoms with E-state index in [0.29, 0.717) is 0 Å². The molecule has 0 aromatic heterocycles. The van der Waals surface area contributed by atoms with Crippen LogP contribution < -0.4 is 0 Å². The highest BCUT2D eigenvalue weighted by Gasteiger charge is 2.15. The Hall–Kier alpha value is -1.57. The van der Waals surface area contributed by atoms with E-state index in [1.165, 1.54) is 25.3 Å². The van der Waals surface area contributed by atoms with Crippen LogP contribution in [0.3, 0.4) is 0 Å². The fraction of sp³-hybridized carbons (Fsp3) is 0.400. The van der Waals surface area contributed by atoms with Crippen LogP contribution in [0.4, 0.5) is 0 Å². The van der Waals surface area contributed by atoms with Crippen molar-refractivity contribution in [2.75, 3.05) is 0 Å². The number of benzene rings is 1. The van der Waals surface area contributed by atoms with Crippen LogP contribution in [0.5, 0.6) is 0 Å². The molecule has 2 nitrogen and oxygen atoms in total. The molecule has 0 heterocycles. The van der Waals surface area contributed by atoms with Gasteiger partial charge in [-0.05, 0) is 37.3 Å². The molecule has 1 aromatic carbocycles. The molecule has 2 heteroatoms. The summed E-state index contributed by atoms with van der Waals surface area (Å²) in [5.41, 5.74) is 1.02. The van der Waals surface area contributed by atoms with Crippen LogP contribution in [0.15, 0.2) is 36.4 Å². The van der Waals surface area contributed by atoms with Crippen LogP contribution >= 0.6 is 0 Å². The van der Waals surface area contributed by atoms with Gasteiger partial charge in [0.25, 0.3) is 0 Å². The zero-order chi connectivity index (χ0) is 11.9. The molecule has 1 fully saturated rings. The lowest BCUT2D eigenvalue weighted by Gasteiger charge is -2.20. The Balaban J connectivity index is 1.82. The lowest BCUT2D eigenvalue weighted by molar-refractivity contribution is -0.144. The Morgan fingerprint density at radius 1 is 1.12 bits per heavy atom. The van der Waals surface area contributed by atoms with Crippen LogP contribution in [0.2, 0.25) is 0 Å². The number of rotatable bonds is 3. The molecule has 1 saturated carbocycles. The van der Waals surface area contributed by atoms with Crippen LogP contribution in [0.25, 0.3) is 6.08 Å². The zero-order valence-corrected chi connectivity index (χ0v) is 9.97. The molecule has 0 aliphatic heterocycles. The molecule has 0 unspecified atom stereocenters. The summed E-state index contributed by atoms with van der Waals surface area (Å²) >= 11 is 0. The zero-order valence-electron chi connectivity index (χ0n) is 9.97. The first-order valence-electron chi connectivity index (χ1n) is 6.28. The second-order valence-electron chi connectivity index (χ2n) is 4.44. The predicted molar refractivity (Wildman–Crippen MR) is 68.4 cm³/mol. The number of esters is 1. The summed E-state index contributed by atoms with van der Waals surface area (Å²) in [6.07, 6.45) is 9.12. The molecule has 0 amide bonds. The maximum Gasteiger partial charge on any atom is 0.331 e. The first kappa shape index (κ1) is 11.9. The van der Waals surface area contributed by atoms with Crippen molar-refractivity contribution < 1.29 is 9.53 Å². The molecule has 2 rings (SSSR count). The van der Waals surface area contributed by atoms with Gasteiger partial charge in [-0.3, -0.25) is 0 Å². The number of ether oxygens (including phenoxy) is 1. The van der Waals surface area contributed by atoms with Crippen molar-refractivity contribution in [2.24, 2.45) is 0 Å². The van der Waals surface area contributed by atoms with Crippen LogP contribution in [-0.2, 0) is 9.53 Å². The van der Waals surface area contributed by atoms with Gasteiger partial charge in [0, 0.05) is 6.08 Å². The molecule has 0 saturated heterocycles. The second-order valence-corrected chi connectivity index (χ2v) is 4.44. The van der Waals surface area contributed by atoms with Gasteiger partial charge in [-0.25, -0.2) is 4.79 Å². The van der Waals surface area contributed by atoms with Gasteiger partial charge in [0.15, 0.2) is 0 Å². The third kappa shape index (κ3) is 4.06. The van der Waals surface area contributed by atoms with E-state index in [1.54, 1.807) is 6.08 Å². The van der Waals surface area contributed by atoms with Crippen molar-refractivity contribution in [3.05, 3.63) is 42.0 Å². The van der Waals surface area contributed by atoms with E-state index in [1.807, 2.05) is 30.3 Å². The van der Waals surface area contributed by atoms with E-state index in [-0.39, 0.29) is 12.1 Å². The Kier molecular flexibility index (Phi) is 4.37. The first-order chi connectivity index (χ1) is 8.34. The minimum Gasteiger partial charge on any atom is -0.459 e. The lowest BCUT2D eigenvalue weighted by Crippen LogP contribution is -2.19. The lowest BCUT2D eigenvalue weighted by atomic mass is 9.98. The number of carbonyl (C=O) groups excluding carboxylic acids is 1. The molecule has 1 aromatic rings. The third-order valence-electron chi connectivity index (χ3n) is 3.05. The van der Waals surface area contributed by atoms with Crippen molar-refractivity contribution in [1.82, 2.24) is 0 Å². The summed E-state index contributed by atoms with van der Waals surface area (Å²) in [7, 11) is 0. The van der Waals surface area contributed by atoms with E-state index in [9.17, 15) is 4.79 Å². The molecular weight excluding hydrogens is 212 g/mol. The molecule has 1 aliphatic carbocycles. The largest absolute Gasteiger partial charge is 0.459 e. The molecule has 0 atom stereocenters. The van der Waals surface area contributed by atoms with Crippen molar-refractivity contribution in [3.8, 4) is 0 Å². The van der Waals surface area contributed by atoms with Gasteiger partial charge in [-0.1, -0.05) is 36.8 Å². The molecule has 1 aliphatic rings. The van der Waals surface area contributed by atoms with Crippen LogP contribution in [0.1, 0.15) is 37.7 Å². The van der Waals surface area contributed by atoms with E-state index >= 15 is 0 Å². The van der Waals surface area contributed by atoms with Crippen LogP contribution in [-0.4, -0.2) is 12.1 Å². The molecule has 0 bridgehead atoms. The Morgan fingerprint density at radius 2 is 1.82 bits per heavy atom. The van der Waals surface area contributed by atoms with Gasteiger partial charge in [-0.15, -0.1) is 0 Å². The molecule has 90 valence electrons. The minimum atomic E-state index is -0.222. The fourth-order valence-electron chi connectivity index (χ4n) is 2.11. The average Bonchev–Trinajstić information content (AvgIpc) is 2.39. The van der Waals surface area contributed by atoms with E-state index in [4.69, 9.17) is 4.74 Å². The Morgan fingerprint density at radius 3 is 2.53 bits per heavy atom. The summed E-state index contributed by atoms with van der Waals surface area (Å²) in [4.78, 5) is 11.6. The van der Waals surface area contributed by atoms with Gasteiger partial charge in [0.2, 0.25) is 0 Å². The predicted octanol–water partition coefficient (Wildman–Crippen LogP) is 3.58. The van der Waals surface area contributed by atoms with Gasteiger partial charge in [0.05, 0.1) is 0 Å². The summed E-state index contributed by atoms with van der Waals surface area (Å²) in [6, 6.07) is 9.78. The van der Waals surface area contributed by atoms with E-state index in [0.717, 1.165) is 18.4 Å². The average molecular weight is 230 g/mol. The summed E-state index contributed by atoms with van der Waals surface area (Å²) in [5.74, 6) is -0.222. The van der Waals surface area contributed by atoms with E-state index in [2.05, 4.69) is 0 Å². The van der Waals surface area contributed by atoms with Gasteiger partial charge in [-0.2, -0.15) is 0 Å². The highest BCUT2D eigenvalue weighted by Crippen LogP contribution is 2.20. The summed E-state index contributed by atoms with van der Waals surface area (Å²) < 4.78 is 5.39. The summed E-state index contributed by atoms with van der Waals surface area (Å²) in [6.45, 7) is 0. The Bertz CT molecular complexity index is 375. The SMILES string of the molecule is O=C(/C=C\c1ccccc1)OC1CCCCC1. The smallest absolute Gasteiger partial charge is 0.331 e. The standard InChI is InChI=1S/C15H18O2/c16-15(17-14-9-5-2-6-10-14)12-11-13-7-3-1-4-8-13/h1,3-4,7-8,11-12,14H,2,5-6,9-10H2/b12-11-. The van der Waals surface area contributed by atoms with Crippen molar-refractivity contribution in [1.29, 1.82) is 0 Å². The van der Waals surface area contributed by atoms with Gasteiger partial charge >= 0.3 is 5.97 Å². The van der Waals surface area contributed by atoms with E-state index < -0.39 is 0 Å². The summed E-state index contributed by atoms with van der Waals surface area (Å²) in [5, 5.41) is 0. The molecular formula is C15H18O2. The maximum atomic E-state index is 11.6. The fourth-order valence-corrected chi connectivity index (χ4v) is 2.11. The maximum absolute atomic E-state index is 11.6. The molecule has 0 N–H and O–H groups in total. The van der Waals surface area contributed by atoms with Crippen molar-refractivity contribution >= 4 is 12.0 Å². The molecule has 0 radical (unpaired) electrons. The highest BCUT2D eigenvalue weighted by molar-refractivity contribution is 5.87. The van der Waals surface area contributed by atoms with Gasteiger partial charge in [0.1, 0.15) is 6.10 Å². The third-order valence-corrected chi connectivity index (χ3v) is 3.05.